The molecule has 0 saturated heterocycles. The molecule has 0 N–H and O–H groups in total. The highest BCUT2D eigenvalue weighted by molar-refractivity contribution is 6.55. The highest BCUT2D eigenvalue weighted by Gasteiger charge is 2.21. The van der Waals surface area contributed by atoms with E-state index in [1.807, 2.05) is 0 Å². The van der Waals surface area contributed by atoms with Crippen LogP contribution in [0.4, 0.5) is 0 Å². The van der Waals surface area contributed by atoms with Crippen LogP contribution in [-0.2, 0) is 14.3 Å². The quantitative estimate of drug-likeness (QED) is 0.451. The van der Waals surface area contributed by atoms with Crippen LogP contribution in [0, 0.1) is 0 Å². The maximum Gasteiger partial charge on any atom is 0.347 e. The molecule has 0 saturated carbocycles. The van der Waals surface area contributed by atoms with Crippen molar-refractivity contribution in [2.75, 3.05) is 11.8 Å². The molecular weight excluding hydrogens is 333 g/mol. The fourth-order valence-corrected chi connectivity index (χ4v) is 0.366. The minimum absolute atomic E-state index is 0.557. The summed E-state index contributed by atoms with van der Waals surface area (Å²) in [5, 5.41) is 0. The average Bonchev–Trinajstić information content (AvgIpc) is 2.17. The van der Waals surface area contributed by atoms with Gasteiger partial charge in [0.25, 0.3) is 0 Å². The molecule has 0 amide bonds. The van der Waals surface area contributed by atoms with E-state index in [1.165, 1.54) is 0 Å². The van der Waals surface area contributed by atoms with Crippen molar-refractivity contribution in [1.82, 2.24) is 0 Å². The molecule has 90 valence electrons. The fraction of sp³-hybridized carbons (Fsp3) is 0.667. The molecule has 0 aliphatic carbocycles. The van der Waals surface area contributed by atoms with Gasteiger partial charge in [-0.2, -0.15) is 0 Å². The van der Waals surface area contributed by atoms with E-state index in [2.05, 4.69) is 4.74 Å². The number of halogens is 6. The van der Waals surface area contributed by atoms with Gasteiger partial charge in [0, 0.05) is 11.8 Å². The van der Waals surface area contributed by atoms with Gasteiger partial charge in [0.2, 0.25) is 9.67 Å². The molecule has 0 unspecified atom stereocenters. The first-order valence-electron chi connectivity index (χ1n) is 3.30. The summed E-state index contributed by atoms with van der Waals surface area (Å²) in [6.07, 6.45) is 0. The summed E-state index contributed by atoms with van der Waals surface area (Å²) >= 11 is 30.2. The Morgan fingerprint density at radius 1 is 0.867 bits per heavy atom. The molecule has 0 heterocycles. The largest absolute Gasteiger partial charge is 0.389 e. The van der Waals surface area contributed by atoms with Gasteiger partial charge >= 0.3 is 11.9 Å². The Labute approximate surface area is 117 Å². The van der Waals surface area contributed by atoms with Crippen molar-refractivity contribution in [3.63, 3.8) is 0 Å². The van der Waals surface area contributed by atoms with Crippen molar-refractivity contribution in [2.45, 2.75) is 9.67 Å². The van der Waals surface area contributed by atoms with Crippen molar-refractivity contribution in [3.8, 4) is 0 Å². The van der Waals surface area contributed by atoms with Crippen molar-refractivity contribution in [3.05, 3.63) is 0 Å². The Balaban J connectivity index is 0. The number of alkyl halides is 6. The minimum Gasteiger partial charge on any atom is -0.389 e. The highest BCUT2D eigenvalue weighted by atomic mass is 35.5. The van der Waals surface area contributed by atoms with Crippen LogP contribution >= 0.6 is 69.6 Å². The molecule has 0 rings (SSSR count). The Hall–Kier alpha value is 0.880. The molecule has 15 heavy (non-hydrogen) atoms. The second-order valence-corrected chi connectivity index (χ2v) is 4.67. The number of carbonyl (C=O) groups excluding carboxylic acids is 2. The van der Waals surface area contributed by atoms with Crippen molar-refractivity contribution >= 4 is 81.5 Å². The van der Waals surface area contributed by atoms with Gasteiger partial charge in [0.05, 0.1) is 0 Å². The van der Waals surface area contributed by atoms with E-state index >= 15 is 0 Å². The van der Waals surface area contributed by atoms with Gasteiger partial charge in [-0.25, -0.2) is 9.59 Å². The molecule has 0 aromatic carbocycles. The Morgan fingerprint density at radius 3 is 1.27 bits per heavy atom. The molecule has 0 aliphatic heterocycles. The monoisotopic (exact) mass is 336 g/mol. The summed E-state index contributed by atoms with van der Waals surface area (Å²) in [7, 11) is 0. The van der Waals surface area contributed by atoms with Gasteiger partial charge in [-0.3, -0.25) is 0 Å². The molecule has 0 spiro atoms. The Morgan fingerprint density at radius 2 is 1.13 bits per heavy atom. The van der Waals surface area contributed by atoms with E-state index in [0.717, 1.165) is 0 Å². The zero-order chi connectivity index (χ0) is 12.4. The maximum atomic E-state index is 10.4. The molecule has 0 bridgehead atoms. The summed E-state index contributed by atoms with van der Waals surface area (Å²) in [5.74, 6) is -1.07. The lowest BCUT2D eigenvalue weighted by atomic mass is 10.7. The van der Waals surface area contributed by atoms with E-state index in [4.69, 9.17) is 69.6 Å². The number of hydrogen-bond donors (Lipinski definition) is 0. The van der Waals surface area contributed by atoms with Crippen LogP contribution in [0.5, 0.6) is 0 Å². The molecule has 0 aromatic rings. The first-order valence-corrected chi connectivity index (χ1v) is 6.12. The summed E-state index contributed by atoms with van der Waals surface area (Å²) < 4.78 is 3.97. The molecule has 0 atom stereocenters. The lowest BCUT2D eigenvalue weighted by Gasteiger charge is -2.01. The van der Waals surface area contributed by atoms with E-state index in [-0.39, 0.29) is 0 Å². The normalized spacial score (nSPS) is 9.60. The van der Waals surface area contributed by atoms with E-state index in [0.29, 0.717) is 11.8 Å². The van der Waals surface area contributed by atoms with Gasteiger partial charge in [-0.05, 0) is 0 Å². The Bertz CT molecular complexity index is 175. The molecule has 0 aromatic heterocycles. The van der Waals surface area contributed by atoms with Gasteiger partial charge in [0.1, 0.15) is 0 Å². The summed E-state index contributed by atoms with van der Waals surface area (Å²) in [6, 6.07) is 0. The Kier molecular flexibility index (Phi) is 13.8. The van der Waals surface area contributed by atoms with Crippen LogP contribution in [0.3, 0.4) is 0 Å². The van der Waals surface area contributed by atoms with E-state index < -0.39 is 21.6 Å². The van der Waals surface area contributed by atoms with Crippen LogP contribution in [0.25, 0.3) is 0 Å². The summed E-state index contributed by atoms with van der Waals surface area (Å²) in [5.41, 5.74) is 0. The number of ether oxygens (including phenoxy) is 1. The van der Waals surface area contributed by atoms with Crippen LogP contribution < -0.4 is 0 Å². The van der Waals surface area contributed by atoms with Crippen molar-refractivity contribution in [1.29, 1.82) is 0 Å². The average molecular weight is 339 g/mol. The first-order chi connectivity index (χ1) is 6.86. The van der Waals surface area contributed by atoms with Gasteiger partial charge in [-0.15, -0.1) is 23.2 Å². The summed E-state index contributed by atoms with van der Waals surface area (Å²) in [4.78, 5) is 18.0. The predicted octanol–water partition coefficient (Wildman–Crippen LogP) is 3.13. The second kappa shape index (κ2) is 11.4. The van der Waals surface area contributed by atoms with E-state index in [9.17, 15) is 9.59 Å². The first kappa shape index (κ1) is 18.3. The smallest absolute Gasteiger partial charge is 0.347 e. The molecule has 0 radical (unpaired) electrons. The van der Waals surface area contributed by atoms with Crippen LogP contribution in [0.1, 0.15) is 0 Å². The molecule has 3 nitrogen and oxygen atoms in total. The number of carbonyl (C=O) groups is 2. The third-order valence-corrected chi connectivity index (χ3v) is 1.91. The summed E-state index contributed by atoms with van der Waals surface area (Å²) in [6.45, 7) is 0. The van der Waals surface area contributed by atoms with Crippen LogP contribution in [0.2, 0.25) is 0 Å². The van der Waals surface area contributed by atoms with Crippen molar-refractivity contribution < 1.29 is 14.3 Å². The third kappa shape index (κ3) is 12.8. The number of rotatable bonds is 3. The fourth-order valence-electron chi connectivity index (χ4n) is 0.188. The highest BCUT2D eigenvalue weighted by Crippen LogP contribution is 2.08. The molecule has 0 fully saturated rings. The van der Waals surface area contributed by atoms with Gasteiger partial charge < -0.3 is 4.74 Å². The second-order valence-electron chi connectivity index (χ2n) is 1.72. The number of hydrogen-bond acceptors (Lipinski definition) is 3. The zero-order valence-electron chi connectivity index (χ0n) is 7.06. The molecular formula is C6H6Cl6O3. The van der Waals surface area contributed by atoms with Crippen LogP contribution in [0.15, 0.2) is 0 Å². The molecule has 9 heteroatoms. The van der Waals surface area contributed by atoms with Gasteiger partial charge in [-0.1, -0.05) is 46.4 Å². The lowest BCUT2D eigenvalue weighted by Crippen LogP contribution is -2.21. The minimum atomic E-state index is -1.41. The number of esters is 2. The van der Waals surface area contributed by atoms with E-state index in [1.54, 1.807) is 0 Å². The standard InChI is InChI=1S/C4H2Cl4O3.C2H4Cl2/c5-1(6)3(9)11-4(10)2(7)8;3-1-2-4/h1-2H;1-2H2. The predicted molar refractivity (Wildman–Crippen MR) is 63.5 cm³/mol. The topological polar surface area (TPSA) is 43.4 Å². The SMILES string of the molecule is ClCCCl.O=C(OC(=O)C(Cl)Cl)C(Cl)Cl. The maximum absolute atomic E-state index is 10.4. The van der Waals surface area contributed by atoms with Crippen LogP contribution in [-0.4, -0.2) is 33.4 Å². The lowest BCUT2D eigenvalue weighted by molar-refractivity contribution is -0.157. The van der Waals surface area contributed by atoms with Gasteiger partial charge in [0.15, 0.2) is 0 Å². The molecule has 0 aliphatic rings. The van der Waals surface area contributed by atoms with Crippen molar-refractivity contribution in [2.24, 2.45) is 0 Å². The zero-order valence-corrected chi connectivity index (χ0v) is 11.6. The third-order valence-electron chi connectivity index (χ3n) is 0.629.